The van der Waals surface area contributed by atoms with Crippen LogP contribution >= 0.6 is 11.3 Å². The number of halogens is 2. The lowest BCUT2D eigenvalue weighted by Gasteiger charge is -2.23. The third-order valence-corrected chi connectivity index (χ3v) is 7.36. The molecular weight excluding hydrogens is 486 g/mol. The molecule has 1 N–H and O–H groups in total. The van der Waals surface area contributed by atoms with Gasteiger partial charge in [0.2, 0.25) is 0 Å². The number of hydrogen-bond donors (Lipinski definition) is 1. The number of benzene rings is 3. The first-order valence-corrected chi connectivity index (χ1v) is 12.0. The van der Waals surface area contributed by atoms with Crippen LogP contribution in [0, 0.1) is 11.6 Å². The van der Waals surface area contributed by atoms with Gasteiger partial charge in [-0.25, -0.2) is 13.8 Å². The smallest absolute Gasteiger partial charge is 0.301 e. The number of thiazole rings is 1. The third-order valence-electron chi connectivity index (χ3n) is 6.34. The average molecular weight is 505 g/mol. The number of hydrogen-bond acceptors (Lipinski definition) is 6. The summed E-state index contributed by atoms with van der Waals surface area (Å²) in [5.74, 6) is -2.36. The number of Topliss-reactive ketones (excluding diaryl/α,β-unsaturated/α-hetero) is 1. The Balaban J connectivity index is 1.53. The Kier molecular flexibility index (Phi) is 5.11. The minimum atomic E-state index is -1.06. The van der Waals surface area contributed by atoms with Crippen LogP contribution in [-0.2, 0) is 16.0 Å². The Morgan fingerprint density at radius 3 is 2.58 bits per heavy atom. The standard InChI is InChI=1S/C27H18F2N2O4S/c1-13-10-16-11-15(4-9-20(16)35-13)24(32)22-23(14-2-5-17(28)6-3-14)31(26(34)25(22)33)27-30-19-8-7-18(29)12-21(19)36-27/h2-9,11-13,23,32H,10H2,1H3/t13-,23-/m1/s1. The molecule has 0 radical (unpaired) electrons. The van der Waals surface area contributed by atoms with Gasteiger partial charge in [0, 0.05) is 12.0 Å². The number of nitrogens with zero attached hydrogens (tertiary/aromatic N) is 2. The number of aromatic nitrogens is 1. The number of ether oxygens (including phenoxy) is 1. The number of fused-ring (bicyclic) bond motifs is 2. The maximum atomic E-state index is 13.8. The molecule has 2 aliphatic heterocycles. The van der Waals surface area contributed by atoms with Gasteiger partial charge in [-0.3, -0.25) is 14.5 Å². The van der Waals surface area contributed by atoms with Gasteiger partial charge in [-0.05, 0) is 66.6 Å². The number of carbonyl (C=O) groups excluding carboxylic acids is 2. The van der Waals surface area contributed by atoms with Crippen molar-refractivity contribution >= 4 is 44.1 Å². The number of rotatable bonds is 3. The van der Waals surface area contributed by atoms with Gasteiger partial charge < -0.3 is 9.84 Å². The minimum absolute atomic E-state index is 0.00827. The summed E-state index contributed by atoms with van der Waals surface area (Å²) in [6.07, 6.45) is 0.639. The Labute approximate surface area is 208 Å². The van der Waals surface area contributed by atoms with E-state index in [9.17, 15) is 23.5 Å². The SMILES string of the molecule is C[C@@H]1Cc2cc(C(O)=C3C(=O)C(=O)N(c4nc5ccc(F)cc5s4)[C@@H]3c3ccc(F)cc3)ccc2O1. The third kappa shape index (κ3) is 3.54. The lowest BCUT2D eigenvalue weighted by atomic mass is 9.94. The van der Waals surface area contributed by atoms with E-state index in [1.165, 1.54) is 47.4 Å². The molecule has 1 fully saturated rings. The second-order valence-electron chi connectivity index (χ2n) is 8.78. The Hall–Kier alpha value is -4.11. The number of amides is 1. The fraction of sp³-hybridized carbons (Fsp3) is 0.148. The van der Waals surface area contributed by atoms with E-state index in [0.29, 0.717) is 33.5 Å². The predicted octanol–water partition coefficient (Wildman–Crippen LogP) is 5.52. The van der Waals surface area contributed by atoms with Crippen molar-refractivity contribution in [1.29, 1.82) is 0 Å². The molecule has 180 valence electrons. The molecule has 1 aromatic heterocycles. The second kappa shape index (κ2) is 8.23. The largest absolute Gasteiger partial charge is 0.507 e. The number of aliphatic hydroxyl groups is 1. The quantitative estimate of drug-likeness (QED) is 0.226. The summed E-state index contributed by atoms with van der Waals surface area (Å²) in [7, 11) is 0. The van der Waals surface area contributed by atoms with Crippen LogP contribution in [0.15, 0.2) is 66.2 Å². The van der Waals surface area contributed by atoms with Crippen molar-refractivity contribution in [2.24, 2.45) is 0 Å². The molecule has 3 aromatic carbocycles. The van der Waals surface area contributed by atoms with Gasteiger partial charge in [0.05, 0.1) is 21.8 Å². The van der Waals surface area contributed by atoms with Crippen molar-refractivity contribution in [1.82, 2.24) is 4.98 Å². The molecule has 0 unspecified atom stereocenters. The summed E-state index contributed by atoms with van der Waals surface area (Å²) < 4.78 is 33.7. The van der Waals surface area contributed by atoms with Gasteiger partial charge in [-0.1, -0.05) is 23.5 Å². The van der Waals surface area contributed by atoms with E-state index in [2.05, 4.69) is 4.98 Å². The fourth-order valence-electron chi connectivity index (χ4n) is 4.70. The van der Waals surface area contributed by atoms with Gasteiger partial charge in [0.15, 0.2) is 5.13 Å². The zero-order chi connectivity index (χ0) is 25.1. The summed E-state index contributed by atoms with van der Waals surface area (Å²) in [6.45, 7) is 1.93. The van der Waals surface area contributed by atoms with E-state index in [1.54, 1.807) is 18.2 Å². The molecule has 0 aliphatic carbocycles. The second-order valence-corrected chi connectivity index (χ2v) is 9.79. The first kappa shape index (κ1) is 22.4. The highest BCUT2D eigenvalue weighted by Gasteiger charge is 2.48. The summed E-state index contributed by atoms with van der Waals surface area (Å²) in [4.78, 5) is 32.3. The van der Waals surface area contributed by atoms with Crippen LogP contribution in [0.25, 0.3) is 16.0 Å². The van der Waals surface area contributed by atoms with Crippen molar-refractivity contribution in [3.63, 3.8) is 0 Å². The van der Waals surface area contributed by atoms with Crippen molar-refractivity contribution < 1.29 is 28.2 Å². The first-order chi connectivity index (χ1) is 17.3. The van der Waals surface area contributed by atoms with Gasteiger partial charge in [-0.2, -0.15) is 0 Å². The van der Waals surface area contributed by atoms with Crippen LogP contribution in [0.3, 0.4) is 0 Å². The van der Waals surface area contributed by atoms with Crippen LogP contribution in [0.4, 0.5) is 13.9 Å². The monoisotopic (exact) mass is 504 g/mol. The Bertz CT molecular complexity index is 1600. The molecule has 2 aliphatic rings. The topological polar surface area (TPSA) is 79.7 Å². The summed E-state index contributed by atoms with van der Waals surface area (Å²) >= 11 is 1.05. The number of aliphatic hydroxyl groups excluding tert-OH is 1. The highest BCUT2D eigenvalue weighted by molar-refractivity contribution is 7.22. The van der Waals surface area contributed by atoms with E-state index >= 15 is 0 Å². The van der Waals surface area contributed by atoms with E-state index in [1.807, 2.05) is 6.92 Å². The lowest BCUT2D eigenvalue weighted by molar-refractivity contribution is -0.132. The highest BCUT2D eigenvalue weighted by atomic mass is 32.1. The molecule has 9 heteroatoms. The van der Waals surface area contributed by atoms with Crippen molar-refractivity contribution in [2.75, 3.05) is 4.90 Å². The number of carbonyl (C=O) groups is 2. The van der Waals surface area contributed by atoms with Gasteiger partial charge in [0.1, 0.15) is 29.2 Å². The van der Waals surface area contributed by atoms with Gasteiger partial charge in [-0.15, -0.1) is 0 Å². The van der Waals surface area contributed by atoms with Crippen LogP contribution < -0.4 is 9.64 Å². The molecular formula is C27H18F2N2O4S. The molecule has 1 amide bonds. The van der Waals surface area contributed by atoms with E-state index < -0.39 is 29.4 Å². The van der Waals surface area contributed by atoms with Crippen molar-refractivity contribution in [2.45, 2.75) is 25.5 Å². The number of anilines is 1. The minimum Gasteiger partial charge on any atom is -0.507 e. The van der Waals surface area contributed by atoms with Gasteiger partial charge in [0.25, 0.3) is 5.78 Å². The summed E-state index contributed by atoms with van der Waals surface area (Å²) in [5, 5.41) is 11.5. The average Bonchev–Trinajstić information content (AvgIpc) is 3.51. The molecule has 4 aromatic rings. The van der Waals surface area contributed by atoms with Crippen LogP contribution in [0.1, 0.15) is 29.7 Å². The normalized spacial score (nSPS) is 20.7. The van der Waals surface area contributed by atoms with E-state index in [4.69, 9.17) is 4.74 Å². The van der Waals surface area contributed by atoms with E-state index in [-0.39, 0.29) is 22.6 Å². The molecule has 36 heavy (non-hydrogen) atoms. The van der Waals surface area contributed by atoms with Crippen LogP contribution in [0.5, 0.6) is 5.75 Å². The summed E-state index contributed by atoms with van der Waals surface area (Å²) in [6, 6.07) is 13.4. The van der Waals surface area contributed by atoms with Crippen molar-refractivity contribution in [3.05, 3.63) is 94.6 Å². The molecule has 6 rings (SSSR count). The Morgan fingerprint density at radius 2 is 1.81 bits per heavy atom. The molecule has 0 saturated carbocycles. The number of ketones is 1. The maximum Gasteiger partial charge on any atom is 0.301 e. The first-order valence-electron chi connectivity index (χ1n) is 11.2. The highest BCUT2D eigenvalue weighted by Crippen LogP contribution is 2.45. The fourth-order valence-corrected chi connectivity index (χ4v) is 5.72. The zero-order valence-electron chi connectivity index (χ0n) is 18.9. The predicted molar refractivity (Wildman–Crippen MR) is 131 cm³/mol. The van der Waals surface area contributed by atoms with Crippen molar-refractivity contribution in [3.8, 4) is 5.75 Å². The summed E-state index contributed by atoms with van der Waals surface area (Å²) in [5.41, 5.74) is 1.99. The molecule has 0 bridgehead atoms. The molecule has 1 saturated heterocycles. The Morgan fingerprint density at radius 1 is 1.06 bits per heavy atom. The zero-order valence-corrected chi connectivity index (χ0v) is 19.7. The molecule has 3 heterocycles. The lowest BCUT2D eigenvalue weighted by Crippen LogP contribution is -2.29. The maximum absolute atomic E-state index is 13.8. The van der Waals surface area contributed by atoms with Crippen LogP contribution in [0.2, 0.25) is 0 Å². The molecule has 2 atom stereocenters. The van der Waals surface area contributed by atoms with E-state index in [0.717, 1.165) is 16.9 Å². The van der Waals surface area contributed by atoms with Crippen LogP contribution in [-0.4, -0.2) is 27.9 Å². The molecule has 0 spiro atoms. The van der Waals surface area contributed by atoms with Gasteiger partial charge >= 0.3 is 5.91 Å². The molecule has 6 nitrogen and oxygen atoms in total.